The summed E-state index contributed by atoms with van der Waals surface area (Å²) in [7, 11) is 1.74. The lowest BCUT2D eigenvalue weighted by Crippen LogP contribution is -2.39. The fourth-order valence-electron chi connectivity index (χ4n) is 2.55. The van der Waals surface area contributed by atoms with Gasteiger partial charge in [0.15, 0.2) is 0 Å². The first-order valence-electron chi connectivity index (χ1n) is 6.88. The van der Waals surface area contributed by atoms with Gasteiger partial charge in [-0.2, -0.15) is 0 Å². The molecule has 2 unspecified atom stereocenters. The monoisotopic (exact) mass is 248 g/mol. The van der Waals surface area contributed by atoms with E-state index in [-0.39, 0.29) is 0 Å². The summed E-state index contributed by atoms with van der Waals surface area (Å²) in [5.41, 5.74) is 1.28. The number of methoxy groups -OCH3 is 1. The van der Waals surface area contributed by atoms with E-state index in [1.54, 1.807) is 7.11 Å². The number of para-hydroxylation sites is 1. The molecule has 0 aromatic heterocycles. The van der Waals surface area contributed by atoms with E-state index in [1.807, 2.05) is 12.1 Å². The summed E-state index contributed by atoms with van der Waals surface area (Å²) < 4.78 is 5.38. The highest BCUT2D eigenvalue weighted by Gasteiger charge is 2.15. The third-order valence-corrected chi connectivity index (χ3v) is 3.59. The van der Waals surface area contributed by atoms with Gasteiger partial charge in [-0.25, -0.2) is 0 Å². The second kappa shape index (κ2) is 6.76. The Kier molecular flexibility index (Phi) is 5.02. The molecule has 0 radical (unpaired) electrons. The molecular formula is C15H24N2O. The molecule has 1 aliphatic rings. The Labute approximate surface area is 110 Å². The smallest absolute Gasteiger partial charge is 0.122 e. The van der Waals surface area contributed by atoms with Crippen molar-refractivity contribution in [2.24, 2.45) is 0 Å². The van der Waals surface area contributed by atoms with Gasteiger partial charge >= 0.3 is 0 Å². The summed E-state index contributed by atoms with van der Waals surface area (Å²) in [6, 6.07) is 9.39. The minimum atomic E-state index is 0.476. The van der Waals surface area contributed by atoms with Crippen LogP contribution in [0, 0.1) is 0 Å². The van der Waals surface area contributed by atoms with Gasteiger partial charge in [0.05, 0.1) is 7.11 Å². The highest BCUT2D eigenvalue weighted by atomic mass is 16.5. The summed E-state index contributed by atoms with van der Waals surface area (Å²) in [5, 5.41) is 7.12. The van der Waals surface area contributed by atoms with Crippen LogP contribution < -0.4 is 15.4 Å². The van der Waals surface area contributed by atoms with Crippen molar-refractivity contribution >= 4 is 0 Å². The highest BCUT2D eigenvalue weighted by Crippen LogP contribution is 2.18. The molecule has 1 aliphatic heterocycles. The zero-order chi connectivity index (χ0) is 12.8. The van der Waals surface area contributed by atoms with Crippen LogP contribution >= 0.6 is 0 Å². The number of nitrogens with one attached hydrogen (secondary N) is 2. The Hall–Kier alpha value is -1.06. The first kappa shape index (κ1) is 13.4. The molecule has 1 aromatic rings. The molecule has 0 saturated carbocycles. The van der Waals surface area contributed by atoms with Gasteiger partial charge in [0, 0.05) is 18.6 Å². The number of benzene rings is 1. The van der Waals surface area contributed by atoms with E-state index >= 15 is 0 Å². The van der Waals surface area contributed by atoms with Gasteiger partial charge in [-0.1, -0.05) is 18.2 Å². The van der Waals surface area contributed by atoms with Crippen LogP contribution in [0.5, 0.6) is 5.75 Å². The molecule has 3 nitrogen and oxygen atoms in total. The van der Waals surface area contributed by atoms with Gasteiger partial charge in [-0.05, 0) is 44.4 Å². The van der Waals surface area contributed by atoms with Gasteiger partial charge in [-0.15, -0.1) is 0 Å². The van der Waals surface area contributed by atoms with Crippen molar-refractivity contribution in [2.75, 3.05) is 20.2 Å². The molecule has 0 bridgehead atoms. The van der Waals surface area contributed by atoms with E-state index in [2.05, 4.69) is 29.7 Å². The molecular weight excluding hydrogens is 224 g/mol. The number of ether oxygens (including phenoxy) is 1. The average Bonchev–Trinajstić information content (AvgIpc) is 2.90. The number of hydrogen-bond acceptors (Lipinski definition) is 3. The molecule has 18 heavy (non-hydrogen) atoms. The topological polar surface area (TPSA) is 33.3 Å². The second-order valence-electron chi connectivity index (χ2n) is 5.12. The van der Waals surface area contributed by atoms with Gasteiger partial charge in [-0.3, -0.25) is 0 Å². The summed E-state index contributed by atoms with van der Waals surface area (Å²) in [4.78, 5) is 0. The molecule has 1 aromatic carbocycles. The maximum atomic E-state index is 5.38. The van der Waals surface area contributed by atoms with Gasteiger partial charge in [0.2, 0.25) is 0 Å². The highest BCUT2D eigenvalue weighted by molar-refractivity contribution is 5.33. The lowest BCUT2D eigenvalue weighted by atomic mass is 10.1. The third-order valence-electron chi connectivity index (χ3n) is 3.59. The zero-order valence-corrected chi connectivity index (χ0v) is 11.4. The Morgan fingerprint density at radius 3 is 3.00 bits per heavy atom. The Balaban J connectivity index is 1.80. The summed E-state index contributed by atoms with van der Waals surface area (Å²) in [6.07, 6.45) is 3.62. The molecule has 1 saturated heterocycles. The van der Waals surface area contributed by atoms with Crippen LogP contribution in [-0.4, -0.2) is 32.3 Å². The lowest BCUT2D eigenvalue weighted by molar-refractivity contribution is 0.404. The average molecular weight is 248 g/mol. The predicted octanol–water partition coefficient (Wildman–Crippen LogP) is 1.97. The zero-order valence-electron chi connectivity index (χ0n) is 11.4. The Morgan fingerprint density at radius 2 is 2.28 bits per heavy atom. The molecule has 0 aliphatic carbocycles. The number of rotatable bonds is 6. The van der Waals surface area contributed by atoms with E-state index in [9.17, 15) is 0 Å². The van der Waals surface area contributed by atoms with Crippen molar-refractivity contribution in [1.82, 2.24) is 10.6 Å². The largest absolute Gasteiger partial charge is 0.496 e. The maximum Gasteiger partial charge on any atom is 0.122 e. The molecule has 3 heteroatoms. The minimum Gasteiger partial charge on any atom is -0.496 e. The summed E-state index contributed by atoms with van der Waals surface area (Å²) >= 11 is 0. The molecule has 1 fully saturated rings. The van der Waals surface area contributed by atoms with E-state index in [0.717, 1.165) is 18.7 Å². The first-order valence-corrected chi connectivity index (χ1v) is 6.88. The fraction of sp³-hybridized carbons (Fsp3) is 0.600. The standard InChI is InChI=1S/C15H24N2O/c1-12(17-11-14-7-5-9-16-14)10-13-6-3-4-8-15(13)18-2/h3-4,6,8,12,14,16-17H,5,7,9-11H2,1-2H3. The normalized spacial score (nSPS) is 20.9. The van der Waals surface area contributed by atoms with E-state index in [4.69, 9.17) is 4.74 Å². The van der Waals surface area contributed by atoms with Crippen molar-refractivity contribution in [3.63, 3.8) is 0 Å². The fourth-order valence-corrected chi connectivity index (χ4v) is 2.55. The number of hydrogen-bond donors (Lipinski definition) is 2. The quantitative estimate of drug-likeness (QED) is 0.807. The van der Waals surface area contributed by atoms with Gasteiger partial charge in [0.25, 0.3) is 0 Å². The van der Waals surface area contributed by atoms with Crippen LogP contribution in [0.15, 0.2) is 24.3 Å². The van der Waals surface area contributed by atoms with Crippen molar-refractivity contribution in [3.8, 4) is 5.75 Å². The van der Waals surface area contributed by atoms with Crippen LogP contribution in [0.3, 0.4) is 0 Å². The van der Waals surface area contributed by atoms with Gasteiger partial charge < -0.3 is 15.4 Å². The van der Waals surface area contributed by atoms with Crippen molar-refractivity contribution < 1.29 is 4.74 Å². The third kappa shape index (κ3) is 3.72. The molecule has 100 valence electrons. The van der Waals surface area contributed by atoms with Crippen LogP contribution in [0.4, 0.5) is 0 Å². The van der Waals surface area contributed by atoms with Crippen molar-refractivity contribution in [2.45, 2.75) is 38.3 Å². The molecule has 1 heterocycles. The van der Waals surface area contributed by atoms with E-state index in [0.29, 0.717) is 12.1 Å². The lowest BCUT2D eigenvalue weighted by Gasteiger charge is -2.18. The van der Waals surface area contributed by atoms with Gasteiger partial charge in [0.1, 0.15) is 5.75 Å². The Morgan fingerprint density at radius 1 is 1.44 bits per heavy atom. The van der Waals surface area contributed by atoms with Crippen LogP contribution in [-0.2, 0) is 6.42 Å². The molecule has 2 N–H and O–H groups in total. The van der Waals surface area contributed by atoms with Crippen molar-refractivity contribution in [3.05, 3.63) is 29.8 Å². The minimum absolute atomic E-state index is 0.476. The molecule has 0 spiro atoms. The second-order valence-corrected chi connectivity index (χ2v) is 5.12. The van der Waals surface area contributed by atoms with Crippen LogP contribution in [0.2, 0.25) is 0 Å². The first-order chi connectivity index (χ1) is 8.79. The maximum absolute atomic E-state index is 5.38. The van der Waals surface area contributed by atoms with Crippen LogP contribution in [0.1, 0.15) is 25.3 Å². The molecule has 0 amide bonds. The molecule has 2 rings (SSSR count). The Bertz CT molecular complexity index is 361. The predicted molar refractivity (Wildman–Crippen MR) is 75.2 cm³/mol. The summed E-state index contributed by atoms with van der Waals surface area (Å²) in [6.45, 7) is 4.48. The van der Waals surface area contributed by atoms with E-state index in [1.165, 1.54) is 24.9 Å². The molecule has 2 atom stereocenters. The van der Waals surface area contributed by atoms with Crippen molar-refractivity contribution in [1.29, 1.82) is 0 Å². The van der Waals surface area contributed by atoms with E-state index < -0.39 is 0 Å². The van der Waals surface area contributed by atoms with Crippen LogP contribution in [0.25, 0.3) is 0 Å². The summed E-state index contributed by atoms with van der Waals surface area (Å²) in [5.74, 6) is 0.991. The SMILES string of the molecule is COc1ccccc1CC(C)NCC1CCCN1.